The smallest absolute Gasteiger partial charge is 0.259 e. The Morgan fingerprint density at radius 3 is 2.75 bits per heavy atom. The Labute approximate surface area is 163 Å². The number of aromatic amines is 1. The molecule has 1 atom stereocenters. The summed E-state index contributed by atoms with van der Waals surface area (Å²) < 4.78 is 1.89. The quantitative estimate of drug-likeness (QED) is 0.595. The summed E-state index contributed by atoms with van der Waals surface area (Å²) in [6.07, 6.45) is 1.17. The van der Waals surface area contributed by atoms with Crippen molar-refractivity contribution in [2.45, 2.75) is 32.7 Å². The molecule has 28 heavy (non-hydrogen) atoms. The van der Waals surface area contributed by atoms with Crippen LogP contribution in [0.25, 0.3) is 16.6 Å². The van der Waals surface area contributed by atoms with Crippen molar-refractivity contribution >= 4 is 16.6 Å². The van der Waals surface area contributed by atoms with Crippen molar-refractivity contribution < 1.29 is 0 Å². The molecule has 1 aliphatic heterocycles. The van der Waals surface area contributed by atoms with Crippen molar-refractivity contribution in [1.29, 1.82) is 0 Å². The van der Waals surface area contributed by atoms with Crippen molar-refractivity contribution in [1.82, 2.24) is 19.5 Å². The van der Waals surface area contributed by atoms with Crippen molar-refractivity contribution in [2.75, 3.05) is 13.1 Å². The van der Waals surface area contributed by atoms with Gasteiger partial charge in [0.25, 0.3) is 5.56 Å². The minimum Gasteiger partial charge on any atom is -0.306 e. The first kappa shape index (κ1) is 17.2. The summed E-state index contributed by atoms with van der Waals surface area (Å²) in [5, 5.41) is 5.41. The van der Waals surface area contributed by atoms with Crippen LogP contribution in [0.4, 0.5) is 0 Å². The Kier molecular flexibility index (Phi) is 4.05. The number of H-pyrrole nitrogens is 1. The van der Waals surface area contributed by atoms with Crippen LogP contribution in [0.5, 0.6) is 0 Å². The summed E-state index contributed by atoms with van der Waals surface area (Å²) in [5.74, 6) is 0.572. The molecule has 5 rings (SSSR count). The van der Waals surface area contributed by atoms with E-state index in [2.05, 4.69) is 41.1 Å². The molecule has 4 aromatic rings. The first-order chi connectivity index (χ1) is 13.6. The summed E-state index contributed by atoms with van der Waals surface area (Å²) in [5.41, 5.74) is 6.55. The SMILES string of the molecule is Cc1ccccc1C1CCN(Cc2c(C)nn3c2[nH]c(=O)c2ccccc23)C1. The molecule has 0 amide bonds. The van der Waals surface area contributed by atoms with Crippen molar-refractivity contribution in [3.8, 4) is 0 Å². The molecule has 1 fully saturated rings. The van der Waals surface area contributed by atoms with Crippen molar-refractivity contribution in [3.05, 3.63) is 81.3 Å². The second-order valence-corrected chi connectivity index (χ2v) is 7.87. The topological polar surface area (TPSA) is 53.4 Å². The zero-order chi connectivity index (χ0) is 19.3. The Hall–Kier alpha value is -2.92. The highest BCUT2D eigenvalue weighted by molar-refractivity contribution is 5.80. The van der Waals surface area contributed by atoms with Crippen LogP contribution in [0.1, 0.15) is 34.7 Å². The maximum Gasteiger partial charge on any atom is 0.259 e. The lowest BCUT2D eigenvalue weighted by atomic mass is 9.94. The molecule has 0 radical (unpaired) electrons. The summed E-state index contributed by atoms with van der Waals surface area (Å²) >= 11 is 0. The van der Waals surface area contributed by atoms with Gasteiger partial charge in [0.05, 0.1) is 16.6 Å². The number of hydrogen-bond acceptors (Lipinski definition) is 3. The third-order valence-corrected chi connectivity index (χ3v) is 6.08. The van der Waals surface area contributed by atoms with E-state index in [-0.39, 0.29) is 5.56 Å². The zero-order valence-electron chi connectivity index (χ0n) is 16.3. The van der Waals surface area contributed by atoms with Gasteiger partial charge in [-0.2, -0.15) is 5.10 Å². The maximum absolute atomic E-state index is 12.6. The van der Waals surface area contributed by atoms with Gasteiger partial charge in [-0.05, 0) is 56.0 Å². The van der Waals surface area contributed by atoms with Gasteiger partial charge in [0.2, 0.25) is 0 Å². The number of hydrogen-bond donors (Lipinski definition) is 1. The number of likely N-dealkylation sites (tertiary alicyclic amines) is 1. The molecule has 5 heteroatoms. The molecule has 142 valence electrons. The lowest BCUT2D eigenvalue weighted by Gasteiger charge is -2.17. The average molecular weight is 372 g/mol. The number of fused-ring (bicyclic) bond motifs is 3. The van der Waals surface area contributed by atoms with Crippen LogP contribution >= 0.6 is 0 Å². The van der Waals surface area contributed by atoms with E-state index in [1.807, 2.05) is 35.7 Å². The summed E-state index contributed by atoms with van der Waals surface area (Å²) in [4.78, 5) is 18.1. The van der Waals surface area contributed by atoms with E-state index in [0.29, 0.717) is 11.3 Å². The first-order valence-electron chi connectivity index (χ1n) is 9.89. The van der Waals surface area contributed by atoms with Crippen LogP contribution in [0, 0.1) is 13.8 Å². The molecule has 2 aromatic carbocycles. The Morgan fingerprint density at radius 1 is 1.11 bits per heavy atom. The number of aromatic nitrogens is 3. The standard InChI is InChI=1S/C23H24N4O/c1-15-7-3-4-8-18(15)17-11-12-26(13-17)14-20-16(2)25-27-21-10-6-5-9-19(21)23(28)24-22(20)27/h3-10,17H,11-14H2,1-2H3,(H,24,28). The molecule has 3 heterocycles. The molecule has 0 spiro atoms. The van der Waals surface area contributed by atoms with Crippen LogP contribution in [0.15, 0.2) is 53.3 Å². The van der Waals surface area contributed by atoms with Crippen molar-refractivity contribution in [2.24, 2.45) is 0 Å². The molecule has 5 nitrogen and oxygen atoms in total. The fourth-order valence-electron chi connectivity index (χ4n) is 4.58. The first-order valence-corrected chi connectivity index (χ1v) is 9.89. The normalized spacial score (nSPS) is 17.7. The second kappa shape index (κ2) is 6.60. The van der Waals surface area contributed by atoms with Gasteiger partial charge in [-0.15, -0.1) is 0 Å². The molecular formula is C23H24N4O. The van der Waals surface area contributed by atoms with E-state index in [1.165, 1.54) is 17.5 Å². The van der Waals surface area contributed by atoms with Gasteiger partial charge in [-0.1, -0.05) is 36.4 Å². The largest absolute Gasteiger partial charge is 0.306 e. The molecule has 0 aliphatic carbocycles. The molecule has 1 aliphatic rings. The highest BCUT2D eigenvalue weighted by Gasteiger charge is 2.26. The van der Waals surface area contributed by atoms with Gasteiger partial charge >= 0.3 is 0 Å². The molecule has 1 N–H and O–H groups in total. The van der Waals surface area contributed by atoms with Gasteiger partial charge in [0, 0.05) is 18.7 Å². The monoisotopic (exact) mass is 372 g/mol. The van der Waals surface area contributed by atoms with E-state index >= 15 is 0 Å². The van der Waals surface area contributed by atoms with E-state index in [0.717, 1.165) is 42.1 Å². The predicted molar refractivity (Wildman–Crippen MR) is 112 cm³/mol. The third kappa shape index (κ3) is 2.74. The van der Waals surface area contributed by atoms with Crippen molar-refractivity contribution in [3.63, 3.8) is 0 Å². The predicted octanol–water partition coefficient (Wildman–Crippen LogP) is 3.78. The molecule has 1 saturated heterocycles. The number of aryl methyl sites for hydroxylation is 2. The molecule has 1 unspecified atom stereocenters. The number of rotatable bonds is 3. The fraction of sp³-hybridized carbons (Fsp3) is 0.304. The lowest BCUT2D eigenvalue weighted by molar-refractivity contribution is 0.327. The number of benzene rings is 2. The maximum atomic E-state index is 12.6. The van der Waals surface area contributed by atoms with E-state index in [4.69, 9.17) is 5.10 Å². The van der Waals surface area contributed by atoms with Crippen LogP contribution in [-0.4, -0.2) is 32.6 Å². The van der Waals surface area contributed by atoms with Gasteiger partial charge in [-0.3, -0.25) is 9.69 Å². The Balaban J connectivity index is 1.49. The third-order valence-electron chi connectivity index (χ3n) is 6.08. The average Bonchev–Trinajstić information content (AvgIpc) is 3.28. The molecular weight excluding hydrogens is 348 g/mol. The molecule has 0 bridgehead atoms. The van der Waals surface area contributed by atoms with Gasteiger partial charge in [0.15, 0.2) is 0 Å². The second-order valence-electron chi connectivity index (χ2n) is 7.87. The summed E-state index contributed by atoms with van der Waals surface area (Å²) in [7, 11) is 0. The van der Waals surface area contributed by atoms with Crippen LogP contribution in [-0.2, 0) is 6.54 Å². The Morgan fingerprint density at radius 2 is 1.89 bits per heavy atom. The van der Waals surface area contributed by atoms with E-state index in [9.17, 15) is 4.79 Å². The van der Waals surface area contributed by atoms with Crippen LogP contribution in [0.3, 0.4) is 0 Å². The zero-order valence-corrected chi connectivity index (χ0v) is 16.3. The van der Waals surface area contributed by atoms with Gasteiger partial charge in [0.1, 0.15) is 5.65 Å². The summed E-state index contributed by atoms with van der Waals surface area (Å²) in [6.45, 7) is 7.15. The van der Waals surface area contributed by atoms with E-state index in [1.54, 1.807) is 0 Å². The van der Waals surface area contributed by atoms with Gasteiger partial charge in [-0.25, -0.2) is 4.52 Å². The number of nitrogens with zero attached hydrogens (tertiary/aromatic N) is 3. The highest BCUT2D eigenvalue weighted by Crippen LogP contribution is 2.31. The fourth-order valence-corrected chi connectivity index (χ4v) is 4.58. The number of para-hydroxylation sites is 1. The summed E-state index contributed by atoms with van der Waals surface area (Å²) in [6, 6.07) is 16.3. The van der Waals surface area contributed by atoms with Crippen LogP contribution < -0.4 is 5.56 Å². The van der Waals surface area contributed by atoms with E-state index < -0.39 is 0 Å². The molecule has 0 saturated carbocycles. The minimum atomic E-state index is -0.0524. The molecule has 2 aromatic heterocycles. The minimum absolute atomic E-state index is 0.0524. The van der Waals surface area contributed by atoms with Gasteiger partial charge < -0.3 is 4.98 Å². The lowest BCUT2D eigenvalue weighted by Crippen LogP contribution is -2.21. The highest BCUT2D eigenvalue weighted by atomic mass is 16.1. The number of nitrogens with one attached hydrogen (secondary N) is 1. The van der Waals surface area contributed by atoms with Crippen LogP contribution in [0.2, 0.25) is 0 Å². The Bertz CT molecular complexity index is 1240.